The molecule has 1 aromatic rings. The van der Waals surface area contributed by atoms with E-state index < -0.39 is 27.0 Å². The minimum absolute atomic E-state index is 0.117. The van der Waals surface area contributed by atoms with Gasteiger partial charge in [0.2, 0.25) is 10.0 Å². The Labute approximate surface area is 94.7 Å². The van der Waals surface area contributed by atoms with Crippen LogP contribution in [0.15, 0.2) is 28.0 Å². The van der Waals surface area contributed by atoms with Crippen LogP contribution in [0.3, 0.4) is 0 Å². The first-order valence-corrected chi connectivity index (χ1v) is 5.70. The molecule has 0 heterocycles. The summed E-state index contributed by atoms with van der Waals surface area (Å²) in [7, 11) is -4.28. The normalized spacial score (nSPS) is 12.6. The second-order valence-electron chi connectivity index (χ2n) is 2.72. The van der Waals surface area contributed by atoms with Gasteiger partial charge in [-0.05, 0) is 18.2 Å². The van der Waals surface area contributed by atoms with Crippen molar-refractivity contribution in [2.24, 2.45) is 5.14 Å². The Hall–Kier alpha value is -0.930. The zero-order chi connectivity index (χ0) is 12.6. The fourth-order valence-corrected chi connectivity index (χ4v) is 1.77. The van der Waals surface area contributed by atoms with E-state index in [1.165, 1.54) is 6.07 Å². The van der Waals surface area contributed by atoms with Crippen molar-refractivity contribution in [1.82, 2.24) is 0 Å². The Bertz CT molecular complexity index is 498. The summed E-state index contributed by atoms with van der Waals surface area (Å²) in [5.41, 5.74) is 0. The molecule has 0 amide bonds. The molecular weight excluding hydrogens is 267 g/mol. The van der Waals surface area contributed by atoms with Crippen molar-refractivity contribution in [3.8, 4) is 5.75 Å². The van der Waals surface area contributed by atoms with E-state index in [4.69, 9.17) is 5.14 Å². The SMILES string of the molecule is NS(=O)(=O)c1ccc(S)cc1OC(F)(F)F. The average molecular weight is 273 g/mol. The van der Waals surface area contributed by atoms with Crippen LogP contribution < -0.4 is 9.88 Å². The topological polar surface area (TPSA) is 69.4 Å². The summed E-state index contributed by atoms with van der Waals surface area (Å²) in [6, 6.07) is 2.89. The lowest BCUT2D eigenvalue weighted by molar-refractivity contribution is -0.275. The molecule has 0 unspecified atom stereocenters. The summed E-state index contributed by atoms with van der Waals surface area (Å²) in [4.78, 5) is -0.630. The number of alkyl halides is 3. The second-order valence-corrected chi connectivity index (χ2v) is 4.77. The van der Waals surface area contributed by atoms with Gasteiger partial charge in [-0.15, -0.1) is 25.8 Å². The number of benzene rings is 1. The van der Waals surface area contributed by atoms with Gasteiger partial charge in [-0.25, -0.2) is 13.6 Å². The molecule has 0 saturated carbocycles. The molecule has 0 saturated heterocycles. The first-order chi connectivity index (χ1) is 7.09. The highest BCUT2D eigenvalue weighted by molar-refractivity contribution is 7.89. The first-order valence-electron chi connectivity index (χ1n) is 3.71. The number of hydrogen-bond donors (Lipinski definition) is 2. The lowest BCUT2D eigenvalue weighted by Crippen LogP contribution is -2.21. The van der Waals surface area contributed by atoms with Crippen molar-refractivity contribution in [2.45, 2.75) is 16.2 Å². The van der Waals surface area contributed by atoms with Crippen molar-refractivity contribution in [2.75, 3.05) is 0 Å². The molecule has 1 aromatic carbocycles. The third-order valence-electron chi connectivity index (χ3n) is 1.46. The molecule has 0 bridgehead atoms. The molecule has 1 rings (SSSR count). The van der Waals surface area contributed by atoms with E-state index in [-0.39, 0.29) is 4.90 Å². The maximum absolute atomic E-state index is 12.0. The minimum Gasteiger partial charge on any atom is -0.404 e. The molecule has 0 fully saturated rings. The first kappa shape index (κ1) is 13.1. The molecular formula is C7H6F3NO3S2. The van der Waals surface area contributed by atoms with Crippen molar-refractivity contribution in [3.05, 3.63) is 18.2 Å². The summed E-state index contributed by atoms with van der Waals surface area (Å²) >= 11 is 3.76. The second kappa shape index (κ2) is 4.15. The van der Waals surface area contributed by atoms with Gasteiger partial charge < -0.3 is 4.74 Å². The van der Waals surface area contributed by atoms with Gasteiger partial charge in [0.05, 0.1) is 0 Å². The molecule has 16 heavy (non-hydrogen) atoms. The molecule has 0 aliphatic carbocycles. The smallest absolute Gasteiger partial charge is 0.404 e. The van der Waals surface area contributed by atoms with Crippen LogP contribution in [0.5, 0.6) is 5.75 Å². The fraction of sp³-hybridized carbons (Fsp3) is 0.143. The Balaban J connectivity index is 3.30. The summed E-state index contributed by atoms with van der Waals surface area (Å²) in [5.74, 6) is -0.900. The van der Waals surface area contributed by atoms with Crippen molar-refractivity contribution in [1.29, 1.82) is 0 Å². The Morgan fingerprint density at radius 1 is 1.31 bits per heavy atom. The Morgan fingerprint density at radius 3 is 2.31 bits per heavy atom. The van der Waals surface area contributed by atoms with Gasteiger partial charge in [0, 0.05) is 4.90 Å². The Morgan fingerprint density at radius 2 is 1.88 bits per heavy atom. The highest BCUT2D eigenvalue weighted by Crippen LogP contribution is 2.30. The Kier molecular flexibility index (Phi) is 3.41. The summed E-state index contributed by atoms with van der Waals surface area (Å²) in [6.07, 6.45) is -5.00. The quantitative estimate of drug-likeness (QED) is 0.803. The monoisotopic (exact) mass is 273 g/mol. The van der Waals surface area contributed by atoms with E-state index in [0.29, 0.717) is 0 Å². The predicted octanol–water partition coefficient (Wildman–Crippen LogP) is 1.52. The van der Waals surface area contributed by atoms with E-state index in [9.17, 15) is 21.6 Å². The number of halogens is 3. The van der Waals surface area contributed by atoms with Gasteiger partial charge >= 0.3 is 6.36 Å². The van der Waals surface area contributed by atoms with Crippen molar-refractivity contribution < 1.29 is 26.3 Å². The van der Waals surface area contributed by atoms with Gasteiger partial charge in [0.15, 0.2) is 5.75 Å². The average Bonchev–Trinajstić information content (AvgIpc) is 1.97. The van der Waals surface area contributed by atoms with Gasteiger partial charge in [-0.1, -0.05) is 0 Å². The highest BCUT2D eigenvalue weighted by atomic mass is 32.2. The molecule has 0 atom stereocenters. The van der Waals surface area contributed by atoms with Gasteiger partial charge in [-0.2, -0.15) is 0 Å². The van der Waals surface area contributed by atoms with Crippen LogP contribution in [0.2, 0.25) is 0 Å². The van der Waals surface area contributed by atoms with E-state index >= 15 is 0 Å². The highest BCUT2D eigenvalue weighted by Gasteiger charge is 2.33. The molecule has 0 aliphatic heterocycles. The largest absolute Gasteiger partial charge is 0.573 e. The van der Waals surface area contributed by atoms with Crippen LogP contribution in [0.4, 0.5) is 13.2 Å². The summed E-state index contributed by atoms with van der Waals surface area (Å²) in [6.45, 7) is 0. The number of hydrogen-bond acceptors (Lipinski definition) is 4. The fourth-order valence-electron chi connectivity index (χ4n) is 0.936. The van der Waals surface area contributed by atoms with Crippen LogP contribution in [0.1, 0.15) is 0 Å². The van der Waals surface area contributed by atoms with Crippen molar-refractivity contribution in [3.63, 3.8) is 0 Å². The van der Waals surface area contributed by atoms with E-state index in [0.717, 1.165) is 12.1 Å². The van der Waals surface area contributed by atoms with Crippen LogP contribution in [0.25, 0.3) is 0 Å². The van der Waals surface area contributed by atoms with E-state index in [1.807, 2.05) is 0 Å². The van der Waals surface area contributed by atoms with Crippen LogP contribution >= 0.6 is 12.6 Å². The third-order valence-corrected chi connectivity index (χ3v) is 2.69. The van der Waals surface area contributed by atoms with Crippen LogP contribution in [-0.2, 0) is 10.0 Å². The molecule has 2 N–H and O–H groups in total. The number of primary sulfonamides is 1. The van der Waals surface area contributed by atoms with Gasteiger partial charge in [-0.3, -0.25) is 0 Å². The summed E-state index contributed by atoms with van der Waals surface area (Å²) < 4.78 is 61.3. The van der Waals surface area contributed by atoms with Crippen LogP contribution in [0, 0.1) is 0 Å². The maximum atomic E-state index is 12.0. The van der Waals surface area contributed by atoms with Gasteiger partial charge in [0.1, 0.15) is 4.90 Å². The van der Waals surface area contributed by atoms with Gasteiger partial charge in [0.25, 0.3) is 0 Å². The lowest BCUT2D eigenvalue weighted by Gasteiger charge is -2.12. The zero-order valence-electron chi connectivity index (χ0n) is 7.52. The molecule has 0 radical (unpaired) electrons. The van der Waals surface area contributed by atoms with E-state index in [2.05, 4.69) is 17.4 Å². The third kappa shape index (κ3) is 3.58. The van der Waals surface area contributed by atoms with E-state index in [1.54, 1.807) is 0 Å². The standard InChI is InChI=1S/C7H6F3NO3S2/c8-7(9,10)14-5-3-4(15)1-2-6(5)16(11,12)13/h1-3,15H,(H2,11,12,13). The van der Waals surface area contributed by atoms with Crippen LogP contribution in [-0.4, -0.2) is 14.8 Å². The minimum atomic E-state index is -5.00. The molecule has 90 valence electrons. The number of ether oxygens (including phenoxy) is 1. The molecule has 0 aromatic heterocycles. The predicted molar refractivity (Wildman–Crippen MR) is 51.8 cm³/mol. The lowest BCUT2D eigenvalue weighted by atomic mass is 10.3. The molecule has 9 heteroatoms. The number of thiol groups is 1. The number of rotatable bonds is 2. The molecule has 4 nitrogen and oxygen atoms in total. The number of sulfonamides is 1. The molecule has 0 spiro atoms. The number of nitrogens with two attached hydrogens (primary N) is 1. The zero-order valence-corrected chi connectivity index (χ0v) is 9.23. The van der Waals surface area contributed by atoms with Crippen molar-refractivity contribution >= 4 is 22.7 Å². The summed E-state index contributed by atoms with van der Waals surface area (Å²) in [5, 5.41) is 4.73. The maximum Gasteiger partial charge on any atom is 0.573 e. The molecule has 0 aliphatic rings.